The molecule has 11 nitrogen and oxygen atoms in total. The van der Waals surface area contributed by atoms with Gasteiger partial charge in [0.2, 0.25) is 0 Å². The molecule has 0 saturated carbocycles. The van der Waals surface area contributed by atoms with E-state index < -0.39 is 0 Å². The van der Waals surface area contributed by atoms with Crippen LogP contribution in [0.1, 0.15) is 40.4 Å². The van der Waals surface area contributed by atoms with Gasteiger partial charge in [-0.1, -0.05) is 24.3 Å². The van der Waals surface area contributed by atoms with E-state index in [0.717, 1.165) is 27.8 Å². The molecule has 4 N–H and O–H groups in total. The summed E-state index contributed by atoms with van der Waals surface area (Å²) in [5.74, 6) is 1.64. The van der Waals surface area contributed by atoms with Gasteiger partial charge in [-0.3, -0.25) is 9.36 Å². The Balaban J connectivity index is 1.45. The lowest BCUT2D eigenvalue weighted by molar-refractivity contribution is 0.522. The molecule has 11 heteroatoms. The molecule has 0 unspecified atom stereocenters. The highest BCUT2D eigenvalue weighted by molar-refractivity contribution is 5.99. The number of aromatic nitrogens is 7. The predicted molar refractivity (Wildman–Crippen MR) is 153 cm³/mol. The summed E-state index contributed by atoms with van der Waals surface area (Å²) in [6.45, 7) is 4.13. The Morgan fingerprint density at radius 2 is 1.85 bits per heavy atom. The van der Waals surface area contributed by atoms with Crippen LogP contribution in [0.5, 0.6) is 0 Å². The van der Waals surface area contributed by atoms with Gasteiger partial charge in [0.25, 0.3) is 11.6 Å². The van der Waals surface area contributed by atoms with Gasteiger partial charge in [-0.15, -0.1) is 0 Å². The fourth-order valence-corrected chi connectivity index (χ4v) is 5.51. The summed E-state index contributed by atoms with van der Waals surface area (Å²) in [5.41, 5.74) is 17.4. The average Bonchev–Trinajstić information content (AvgIpc) is 3.49. The van der Waals surface area contributed by atoms with Crippen LogP contribution >= 0.6 is 0 Å². The molecule has 1 aliphatic carbocycles. The number of nitrogen functional groups attached to an aromatic ring is 2. The maximum atomic E-state index is 14.0. The number of rotatable bonds is 4. The molecule has 0 bridgehead atoms. The molecule has 5 heterocycles. The summed E-state index contributed by atoms with van der Waals surface area (Å²) >= 11 is 0. The van der Waals surface area contributed by atoms with Crippen molar-refractivity contribution in [3.05, 3.63) is 93.2 Å². The first-order chi connectivity index (χ1) is 19.4. The summed E-state index contributed by atoms with van der Waals surface area (Å²) < 4.78 is 8.95. The maximum Gasteiger partial charge on any atom is 0.292 e. The summed E-state index contributed by atoms with van der Waals surface area (Å²) in [5, 5.41) is 7.13. The Morgan fingerprint density at radius 1 is 1.00 bits per heavy atom. The quantitative estimate of drug-likeness (QED) is 0.345. The minimum absolute atomic E-state index is 0.134. The van der Waals surface area contributed by atoms with E-state index in [1.807, 2.05) is 56.3 Å². The first kappa shape index (κ1) is 23.8. The van der Waals surface area contributed by atoms with E-state index >= 15 is 0 Å². The highest BCUT2D eigenvalue weighted by atomic mass is 16.4. The van der Waals surface area contributed by atoms with Crippen molar-refractivity contribution < 1.29 is 4.42 Å². The van der Waals surface area contributed by atoms with Gasteiger partial charge in [0.1, 0.15) is 35.1 Å². The zero-order valence-electron chi connectivity index (χ0n) is 21.9. The molecule has 0 saturated heterocycles. The lowest BCUT2D eigenvalue weighted by Crippen LogP contribution is -2.26. The molecular weight excluding hydrogens is 506 g/mol. The number of benzene rings is 1. The van der Waals surface area contributed by atoms with Crippen LogP contribution < -0.4 is 17.0 Å². The second-order valence-electron chi connectivity index (χ2n) is 9.95. The molecule has 7 rings (SSSR count). The van der Waals surface area contributed by atoms with E-state index in [9.17, 15) is 4.79 Å². The molecule has 1 aliphatic rings. The molecule has 6 aromatic rings. The van der Waals surface area contributed by atoms with Crippen LogP contribution in [0.4, 0.5) is 11.8 Å². The van der Waals surface area contributed by atoms with E-state index in [2.05, 4.69) is 19.9 Å². The number of nitrogens with two attached hydrogens (primary N) is 2. The molecule has 40 heavy (non-hydrogen) atoms. The van der Waals surface area contributed by atoms with Crippen molar-refractivity contribution in [1.82, 2.24) is 34.3 Å². The van der Waals surface area contributed by atoms with Crippen molar-refractivity contribution in [2.75, 3.05) is 11.5 Å². The van der Waals surface area contributed by atoms with E-state index in [1.54, 1.807) is 15.4 Å². The Labute approximate surface area is 227 Å². The van der Waals surface area contributed by atoms with Crippen molar-refractivity contribution in [2.45, 2.75) is 33.2 Å². The second-order valence-corrected chi connectivity index (χ2v) is 9.95. The number of pyridine rings is 2. The van der Waals surface area contributed by atoms with Crippen molar-refractivity contribution in [2.24, 2.45) is 0 Å². The topological polar surface area (TPSA) is 157 Å². The van der Waals surface area contributed by atoms with Crippen LogP contribution in [0.15, 0.2) is 58.1 Å². The van der Waals surface area contributed by atoms with E-state index in [1.165, 1.54) is 6.33 Å². The molecular formula is C29H25N9O2. The lowest BCUT2D eigenvalue weighted by Gasteiger charge is -2.16. The van der Waals surface area contributed by atoms with Crippen LogP contribution in [0, 0.1) is 13.8 Å². The largest absolute Gasteiger partial charge is 0.428 e. The van der Waals surface area contributed by atoms with E-state index in [-0.39, 0.29) is 18.1 Å². The zero-order valence-corrected chi connectivity index (χ0v) is 21.9. The predicted octanol–water partition coefficient (Wildman–Crippen LogP) is 3.83. The molecule has 0 aliphatic heterocycles. The van der Waals surface area contributed by atoms with Crippen molar-refractivity contribution >= 4 is 45.3 Å². The smallest absolute Gasteiger partial charge is 0.292 e. The van der Waals surface area contributed by atoms with Crippen molar-refractivity contribution in [3.63, 3.8) is 0 Å². The minimum Gasteiger partial charge on any atom is -0.428 e. The van der Waals surface area contributed by atoms with Crippen LogP contribution in [-0.4, -0.2) is 34.3 Å². The number of aryl methyl sites for hydroxylation is 3. The summed E-state index contributed by atoms with van der Waals surface area (Å²) in [6, 6.07) is 11.8. The molecule has 0 spiro atoms. The second kappa shape index (κ2) is 8.87. The van der Waals surface area contributed by atoms with Crippen molar-refractivity contribution in [3.8, 4) is 5.82 Å². The number of nitrogens with zero attached hydrogens (tertiary/aromatic N) is 7. The Bertz CT molecular complexity index is 2070. The Hall–Kier alpha value is -5.32. The van der Waals surface area contributed by atoms with Crippen molar-refractivity contribution in [1.29, 1.82) is 0 Å². The van der Waals surface area contributed by atoms with Gasteiger partial charge < -0.3 is 15.9 Å². The lowest BCUT2D eigenvalue weighted by atomic mass is 9.97. The Morgan fingerprint density at radius 3 is 2.70 bits per heavy atom. The summed E-state index contributed by atoms with van der Waals surface area (Å²) in [7, 11) is 0. The first-order valence-corrected chi connectivity index (χ1v) is 12.9. The van der Waals surface area contributed by atoms with Gasteiger partial charge in [0.05, 0.1) is 23.0 Å². The monoisotopic (exact) mass is 531 g/mol. The van der Waals surface area contributed by atoms with Crippen LogP contribution in [0.2, 0.25) is 0 Å². The van der Waals surface area contributed by atoms with Crippen LogP contribution in [0.3, 0.4) is 0 Å². The summed E-state index contributed by atoms with van der Waals surface area (Å²) in [6.07, 6.45) is 6.33. The number of hydrogen-bond acceptors (Lipinski definition) is 9. The standard InChI is InChI=1S/C29H25N9O2/c1-15-5-3-7-17-11-19(38(28(39)22(15)17)26-16(2)6-4-10-32-26)13-37-27-23(25(30)33-14-34-27)24(36-37)18-8-9-21-20(12-18)35-29(31)40-21/h3-7,10-12,14H,8-9,13H2,1-2H3,(H2,31,35)(H2,30,33,34). The third-order valence-corrected chi connectivity index (χ3v) is 7.38. The Kier molecular flexibility index (Phi) is 5.27. The fourth-order valence-electron chi connectivity index (χ4n) is 5.51. The molecule has 0 radical (unpaired) electrons. The van der Waals surface area contributed by atoms with E-state index in [4.69, 9.17) is 21.0 Å². The molecule has 1 aromatic carbocycles. The third-order valence-electron chi connectivity index (χ3n) is 7.38. The average molecular weight is 532 g/mol. The van der Waals surface area contributed by atoms with Gasteiger partial charge in [-0.05, 0) is 60.6 Å². The molecule has 0 amide bonds. The number of fused-ring (bicyclic) bond motifs is 3. The number of allylic oxidation sites excluding steroid dienone is 1. The van der Waals surface area contributed by atoms with Crippen LogP contribution in [-0.2, 0) is 13.0 Å². The van der Waals surface area contributed by atoms with Gasteiger partial charge >= 0.3 is 0 Å². The summed E-state index contributed by atoms with van der Waals surface area (Å²) in [4.78, 5) is 31.7. The highest BCUT2D eigenvalue weighted by Crippen LogP contribution is 2.35. The number of hydrogen-bond donors (Lipinski definition) is 2. The molecule has 0 fully saturated rings. The number of oxazole rings is 1. The van der Waals surface area contributed by atoms with Crippen LogP contribution in [0.25, 0.3) is 39.3 Å². The third kappa shape index (κ3) is 3.66. The van der Waals surface area contributed by atoms with Gasteiger partial charge in [-0.2, -0.15) is 10.1 Å². The van der Waals surface area contributed by atoms with E-state index in [0.29, 0.717) is 58.0 Å². The van der Waals surface area contributed by atoms with Gasteiger partial charge in [-0.25, -0.2) is 19.6 Å². The SMILES string of the molecule is Cc1cccnc1-n1c(Cn2nc(C3=Cc4nc(N)oc4CC3)c3c(N)ncnc32)cc2cccc(C)c2c1=O. The normalized spacial score (nSPS) is 13.1. The molecule has 5 aromatic heterocycles. The first-order valence-electron chi connectivity index (χ1n) is 12.9. The molecule has 198 valence electrons. The maximum absolute atomic E-state index is 14.0. The molecule has 0 atom stereocenters. The number of anilines is 2. The zero-order chi connectivity index (χ0) is 27.5. The minimum atomic E-state index is -0.135. The highest BCUT2D eigenvalue weighted by Gasteiger charge is 2.25. The van der Waals surface area contributed by atoms with Gasteiger partial charge in [0, 0.05) is 12.6 Å². The van der Waals surface area contributed by atoms with Gasteiger partial charge in [0.15, 0.2) is 5.65 Å². The fraction of sp³-hybridized carbons (Fsp3) is 0.172.